The van der Waals surface area contributed by atoms with Gasteiger partial charge in [-0.05, 0) is 17.5 Å². The van der Waals surface area contributed by atoms with Crippen molar-refractivity contribution >= 4 is 16.7 Å². The molecule has 0 bridgehead atoms. The number of rotatable bonds is 1. The number of carbonyl (C=O) groups is 1. The molecule has 0 aliphatic carbocycles. The first-order valence-electron chi connectivity index (χ1n) is 3.84. The van der Waals surface area contributed by atoms with Crippen LogP contribution in [0.4, 0.5) is 0 Å². The van der Waals surface area contributed by atoms with Crippen LogP contribution in [0.1, 0.15) is 10.5 Å². The Bertz CT molecular complexity index is 460. The molecule has 0 saturated heterocycles. The van der Waals surface area contributed by atoms with Gasteiger partial charge in [0.2, 0.25) is 0 Å². The Morgan fingerprint density at radius 2 is 2.31 bits per heavy atom. The van der Waals surface area contributed by atoms with E-state index < -0.39 is 5.91 Å². The number of nitrogens with two attached hydrogens (primary N) is 1. The molecule has 13 heavy (non-hydrogen) atoms. The van der Waals surface area contributed by atoms with Crippen molar-refractivity contribution in [3.63, 3.8) is 0 Å². The second kappa shape index (κ2) is 2.86. The first-order chi connectivity index (χ1) is 6.29. The van der Waals surface area contributed by atoms with Crippen LogP contribution >= 0.6 is 0 Å². The average molecular weight is 171 g/mol. The van der Waals surface area contributed by atoms with E-state index in [0.29, 0.717) is 5.69 Å². The molecule has 2 rings (SSSR count). The maximum atomic E-state index is 11.0. The Morgan fingerprint density at radius 1 is 1.46 bits per heavy atom. The van der Waals surface area contributed by atoms with Crippen LogP contribution in [-0.2, 0) is 0 Å². The van der Waals surface area contributed by atoms with E-state index in [0.717, 1.165) is 10.8 Å². The topological polar surface area (TPSA) is 56.0 Å². The van der Waals surface area contributed by atoms with Gasteiger partial charge in [0.15, 0.2) is 0 Å². The quantitative estimate of drug-likeness (QED) is 0.699. The molecular formula is C10H7N2O. The van der Waals surface area contributed by atoms with Crippen molar-refractivity contribution in [1.29, 1.82) is 0 Å². The smallest absolute Gasteiger partial charge is 0.267 e. The minimum absolute atomic E-state index is 0.300. The van der Waals surface area contributed by atoms with Crippen LogP contribution in [0.2, 0.25) is 0 Å². The standard InChI is InChI=1S/C10H7N2O/c11-10(13)9-8-4-2-1-3-7(8)5-6-12-9/h1-2,4-6H,(H2,11,13). The van der Waals surface area contributed by atoms with E-state index in [2.05, 4.69) is 11.1 Å². The molecule has 3 nitrogen and oxygen atoms in total. The fourth-order valence-electron chi connectivity index (χ4n) is 1.25. The Balaban J connectivity index is 2.83. The monoisotopic (exact) mass is 171 g/mol. The number of pyridine rings is 1. The number of amides is 1. The molecule has 0 spiro atoms. The number of nitrogens with zero attached hydrogens (tertiary/aromatic N) is 1. The summed E-state index contributed by atoms with van der Waals surface area (Å²) in [5.74, 6) is -0.509. The summed E-state index contributed by atoms with van der Waals surface area (Å²) in [5, 5.41) is 1.60. The summed E-state index contributed by atoms with van der Waals surface area (Å²) < 4.78 is 0. The van der Waals surface area contributed by atoms with E-state index in [9.17, 15) is 4.79 Å². The van der Waals surface area contributed by atoms with Crippen molar-refractivity contribution in [2.45, 2.75) is 0 Å². The van der Waals surface area contributed by atoms with E-state index in [-0.39, 0.29) is 0 Å². The summed E-state index contributed by atoms with van der Waals surface area (Å²) >= 11 is 0. The van der Waals surface area contributed by atoms with Crippen molar-refractivity contribution in [1.82, 2.24) is 4.98 Å². The van der Waals surface area contributed by atoms with Gasteiger partial charge in [-0.15, -0.1) is 0 Å². The molecule has 1 aromatic carbocycles. The van der Waals surface area contributed by atoms with Crippen molar-refractivity contribution in [2.75, 3.05) is 0 Å². The largest absolute Gasteiger partial charge is 0.364 e. The Kier molecular flexibility index (Phi) is 1.70. The lowest BCUT2D eigenvalue weighted by atomic mass is 10.1. The average Bonchev–Trinajstić information content (AvgIpc) is 2.17. The fourth-order valence-corrected chi connectivity index (χ4v) is 1.25. The molecule has 1 heterocycles. The molecule has 0 fully saturated rings. The summed E-state index contributed by atoms with van der Waals surface area (Å²) in [4.78, 5) is 14.9. The predicted octanol–water partition coefficient (Wildman–Crippen LogP) is 1.13. The van der Waals surface area contributed by atoms with Gasteiger partial charge in [-0.3, -0.25) is 9.78 Å². The van der Waals surface area contributed by atoms with Crippen LogP contribution in [0.5, 0.6) is 0 Å². The van der Waals surface area contributed by atoms with Crippen molar-refractivity contribution in [3.8, 4) is 0 Å². The van der Waals surface area contributed by atoms with Gasteiger partial charge < -0.3 is 5.73 Å². The molecule has 0 aliphatic rings. The van der Waals surface area contributed by atoms with Crippen LogP contribution in [0.25, 0.3) is 10.8 Å². The van der Waals surface area contributed by atoms with Crippen molar-refractivity contribution in [2.24, 2.45) is 5.73 Å². The van der Waals surface area contributed by atoms with Gasteiger partial charge in [0.05, 0.1) is 0 Å². The lowest BCUT2D eigenvalue weighted by molar-refractivity contribution is 0.0997. The molecular weight excluding hydrogens is 164 g/mol. The van der Waals surface area contributed by atoms with Gasteiger partial charge in [0.25, 0.3) is 5.91 Å². The number of hydrogen-bond acceptors (Lipinski definition) is 2. The number of primary amides is 1. The van der Waals surface area contributed by atoms with E-state index >= 15 is 0 Å². The van der Waals surface area contributed by atoms with Crippen LogP contribution < -0.4 is 5.73 Å². The molecule has 0 atom stereocenters. The van der Waals surface area contributed by atoms with Crippen LogP contribution in [-0.4, -0.2) is 10.9 Å². The highest BCUT2D eigenvalue weighted by Gasteiger charge is 2.05. The predicted molar refractivity (Wildman–Crippen MR) is 49.1 cm³/mol. The Labute approximate surface area is 75.2 Å². The second-order valence-electron chi connectivity index (χ2n) is 2.66. The van der Waals surface area contributed by atoms with Crippen LogP contribution in [0.3, 0.4) is 0 Å². The number of fused-ring (bicyclic) bond motifs is 1. The molecule has 0 unspecified atom stereocenters. The molecule has 0 saturated carbocycles. The highest BCUT2D eigenvalue weighted by Crippen LogP contribution is 2.14. The molecule has 2 N–H and O–H groups in total. The van der Waals surface area contributed by atoms with Crippen molar-refractivity contribution in [3.05, 3.63) is 42.2 Å². The van der Waals surface area contributed by atoms with Gasteiger partial charge in [-0.25, -0.2) is 0 Å². The van der Waals surface area contributed by atoms with Crippen molar-refractivity contribution < 1.29 is 4.79 Å². The zero-order valence-corrected chi connectivity index (χ0v) is 6.82. The molecule has 1 aromatic heterocycles. The van der Waals surface area contributed by atoms with E-state index in [1.165, 1.54) is 0 Å². The van der Waals surface area contributed by atoms with E-state index in [1.54, 1.807) is 30.5 Å². The Hall–Kier alpha value is -1.90. The summed E-state index contributed by atoms with van der Waals surface area (Å²) in [6, 6.07) is 10.2. The molecule has 1 radical (unpaired) electrons. The van der Waals surface area contributed by atoms with E-state index in [1.807, 2.05) is 0 Å². The summed E-state index contributed by atoms with van der Waals surface area (Å²) in [6.07, 6.45) is 1.55. The molecule has 2 aromatic rings. The second-order valence-corrected chi connectivity index (χ2v) is 2.66. The molecule has 3 heteroatoms. The fraction of sp³-hybridized carbons (Fsp3) is 0. The number of hydrogen-bond donors (Lipinski definition) is 1. The maximum absolute atomic E-state index is 11.0. The van der Waals surface area contributed by atoms with Crippen LogP contribution in [0, 0.1) is 6.07 Å². The Morgan fingerprint density at radius 3 is 3.08 bits per heavy atom. The zero-order chi connectivity index (χ0) is 9.26. The van der Waals surface area contributed by atoms with E-state index in [4.69, 9.17) is 5.73 Å². The molecule has 1 amide bonds. The third-order valence-electron chi connectivity index (χ3n) is 1.82. The minimum atomic E-state index is -0.509. The zero-order valence-electron chi connectivity index (χ0n) is 6.82. The number of benzene rings is 1. The molecule has 0 aliphatic heterocycles. The van der Waals surface area contributed by atoms with Gasteiger partial charge in [-0.2, -0.15) is 0 Å². The van der Waals surface area contributed by atoms with Crippen LogP contribution in [0.15, 0.2) is 30.5 Å². The first-order valence-corrected chi connectivity index (χ1v) is 3.84. The maximum Gasteiger partial charge on any atom is 0.267 e. The molecule has 63 valence electrons. The highest BCUT2D eigenvalue weighted by molar-refractivity contribution is 6.04. The normalized spacial score (nSPS) is 10.2. The SMILES string of the molecule is NC(=O)c1nccc2[c]cccc12. The third kappa shape index (κ3) is 1.24. The lowest BCUT2D eigenvalue weighted by Gasteiger charge is -1.99. The highest BCUT2D eigenvalue weighted by atomic mass is 16.1. The number of aromatic nitrogens is 1. The van der Waals surface area contributed by atoms with Gasteiger partial charge in [0.1, 0.15) is 5.69 Å². The van der Waals surface area contributed by atoms with Gasteiger partial charge in [-0.1, -0.05) is 18.2 Å². The summed E-state index contributed by atoms with van der Waals surface area (Å²) in [6.45, 7) is 0. The number of carbonyl (C=O) groups excluding carboxylic acids is 1. The summed E-state index contributed by atoms with van der Waals surface area (Å²) in [7, 11) is 0. The van der Waals surface area contributed by atoms with Gasteiger partial charge in [0, 0.05) is 11.6 Å². The first kappa shape index (κ1) is 7.73. The lowest BCUT2D eigenvalue weighted by Crippen LogP contribution is -2.13. The minimum Gasteiger partial charge on any atom is -0.364 e. The summed E-state index contributed by atoms with van der Waals surface area (Å²) in [5.41, 5.74) is 5.46. The third-order valence-corrected chi connectivity index (χ3v) is 1.82. The van der Waals surface area contributed by atoms with Gasteiger partial charge >= 0.3 is 0 Å².